The van der Waals surface area contributed by atoms with Crippen molar-refractivity contribution in [2.24, 2.45) is 0 Å². The summed E-state index contributed by atoms with van der Waals surface area (Å²) in [6.45, 7) is 6.79. The molecule has 0 N–H and O–H groups in total. The van der Waals surface area contributed by atoms with Crippen molar-refractivity contribution in [2.45, 2.75) is 52.9 Å². The Bertz CT molecular complexity index is 206. The highest BCUT2D eigenvalue weighted by Gasteiger charge is 2.11. The smallest absolute Gasteiger partial charge is 0.00995 e. The highest BCUT2D eigenvalue weighted by Crippen LogP contribution is 2.31. The van der Waals surface area contributed by atoms with E-state index in [1.54, 1.807) is 16.7 Å². The zero-order valence-corrected chi connectivity index (χ0v) is 8.61. The quantitative estimate of drug-likeness (QED) is 0.583. The van der Waals surface area contributed by atoms with Crippen molar-refractivity contribution in [1.82, 2.24) is 0 Å². The molecule has 0 fully saturated rings. The fourth-order valence-corrected chi connectivity index (χ4v) is 1.92. The summed E-state index contributed by atoms with van der Waals surface area (Å²) in [6.07, 6.45) is 8.75. The van der Waals surface area contributed by atoms with Crippen molar-refractivity contribution in [3.63, 3.8) is 0 Å². The van der Waals surface area contributed by atoms with E-state index in [0.29, 0.717) is 0 Å². The van der Waals surface area contributed by atoms with E-state index >= 15 is 0 Å². The summed E-state index contributed by atoms with van der Waals surface area (Å²) < 4.78 is 0. The van der Waals surface area contributed by atoms with Gasteiger partial charge in [-0.25, -0.2) is 0 Å². The lowest BCUT2D eigenvalue weighted by atomic mass is 10.0. The lowest BCUT2D eigenvalue weighted by Crippen LogP contribution is -1.83. The van der Waals surface area contributed by atoms with Crippen molar-refractivity contribution < 1.29 is 0 Å². The van der Waals surface area contributed by atoms with E-state index in [9.17, 15) is 0 Å². The third-order valence-corrected chi connectivity index (χ3v) is 2.66. The van der Waals surface area contributed by atoms with Gasteiger partial charge in [0.1, 0.15) is 0 Å². The number of hydrogen-bond acceptors (Lipinski definition) is 0. The van der Waals surface area contributed by atoms with Gasteiger partial charge in [-0.3, -0.25) is 0 Å². The molecule has 0 saturated carbocycles. The fraction of sp³-hybridized carbons (Fsp3) is 0.667. The van der Waals surface area contributed by atoms with Crippen molar-refractivity contribution in [2.75, 3.05) is 0 Å². The van der Waals surface area contributed by atoms with Crippen molar-refractivity contribution >= 4 is 0 Å². The Kier molecular flexibility index (Phi) is 3.58. The molecule has 1 aliphatic rings. The van der Waals surface area contributed by atoms with Gasteiger partial charge in [-0.05, 0) is 31.3 Å². The summed E-state index contributed by atoms with van der Waals surface area (Å²) >= 11 is 0. The first kappa shape index (κ1) is 9.57. The molecule has 0 amide bonds. The Morgan fingerprint density at radius 1 is 1.17 bits per heavy atom. The minimum atomic E-state index is 1.22. The molecular formula is C12H20. The van der Waals surface area contributed by atoms with Gasteiger partial charge in [0.2, 0.25) is 0 Å². The van der Waals surface area contributed by atoms with Crippen LogP contribution in [0.2, 0.25) is 0 Å². The van der Waals surface area contributed by atoms with Crippen molar-refractivity contribution in [1.29, 1.82) is 0 Å². The Morgan fingerprint density at radius 3 is 2.42 bits per heavy atom. The highest BCUT2D eigenvalue weighted by molar-refractivity contribution is 5.38. The van der Waals surface area contributed by atoms with E-state index in [1.165, 1.54) is 32.1 Å². The second-order valence-corrected chi connectivity index (χ2v) is 3.57. The van der Waals surface area contributed by atoms with Gasteiger partial charge in [0.15, 0.2) is 0 Å². The van der Waals surface area contributed by atoms with Crippen LogP contribution >= 0.6 is 0 Å². The molecule has 0 spiro atoms. The minimum Gasteiger partial charge on any atom is -0.0661 e. The van der Waals surface area contributed by atoms with Gasteiger partial charge in [-0.2, -0.15) is 0 Å². The molecule has 0 aromatic rings. The van der Waals surface area contributed by atoms with Gasteiger partial charge in [0.05, 0.1) is 0 Å². The normalized spacial score (nSPS) is 17.1. The first-order chi connectivity index (χ1) is 5.81. The van der Waals surface area contributed by atoms with Gasteiger partial charge < -0.3 is 0 Å². The van der Waals surface area contributed by atoms with E-state index in [4.69, 9.17) is 0 Å². The molecule has 1 aliphatic carbocycles. The third-order valence-electron chi connectivity index (χ3n) is 2.66. The lowest BCUT2D eigenvalue weighted by molar-refractivity contribution is 0.851. The molecule has 0 saturated heterocycles. The first-order valence-electron chi connectivity index (χ1n) is 5.22. The summed E-state index contributed by atoms with van der Waals surface area (Å²) in [5.41, 5.74) is 4.96. The fourth-order valence-electron chi connectivity index (χ4n) is 1.92. The van der Waals surface area contributed by atoms with Crippen LogP contribution in [-0.2, 0) is 0 Å². The van der Waals surface area contributed by atoms with Gasteiger partial charge in [0, 0.05) is 0 Å². The van der Waals surface area contributed by atoms with Crippen LogP contribution in [0.5, 0.6) is 0 Å². The van der Waals surface area contributed by atoms with E-state index < -0.39 is 0 Å². The van der Waals surface area contributed by atoms with Gasteiger partial charge in [-0.1, -0.05) is 44.4 Å². The van der Waals surface area contributed by atoms with E-state index in [0.717, 1.165) is 0 Å². The Hall–Kier alpha value is -0.520. The van der Waals surface area contributed by atoms with Crippen LogP contribution in [-0.4, -0.2) is 0 Å². The third kappa shape index (κ3) is 2.00. The maximum atomic E-state index is 2.42. The van der Waals surface area contributed by atoms with Crippen LogP contribution in [0.15, 0.2) is 22.8 Å². The molecule has 0 unspecified atom stereocenters. The van der Waals surface area contributed by atoms with Crippen LogP contribution < -0.4 is 0 Å². The highest BCUT2D eigenvalue weighted by atomic mass is 14.2. The summed E-state index contributed by atoms with van der Waals surface area (Å²) in [6, 6.07) is 0. The maximum Gasteiger partial charge on any atom is -0.00995 e. The zero-order valence-electron chi connectivity index (χ0n) is 8.61. The summed E-state index contributed by atoms with van der Waals surface area (Å²) in [4.78, 5) is 0. The Morgan fingerprint density at radius 2 is 1.92 bits per heavy atom. The molecule has 0 heterocycles. The molecule has 0 atom stereocenters. The largest absolute Gasteiger partial charge is 0.0661 e. The number of rotatable bonds is 4. The van der Waals surface area contributed by atoms with Crippen LogP contribution in [0.4, 0.5) is 0 Å². The zero-order chi connectivity index (χ0) is 8.97. The molecule has 68 valence electrons. The van der Waals surface area contributed by atoms with Gasteiger partial charge in [0.25, 0.3) is 0 Å². The standard InChI is InChI=1S/C12H20/c1-4-7-12-9-10(5-2)8-11(12)6-3/h8H,4-7,9H2,1-3H3. The molecule has 0 nitrogen and oxygen atoms in total. The summed E-state index contributed by atoms with van der Waals surface area (Å²) in [5, 5.41) is 0. The second kappa shape index (κ2) is 4.49. The molecule has 0 heteroatoms. The summed E-state index contributed by atoms with van der Waals surface area (Å²) in [7, 11) is 0. The summed E-state index contributed by atoms with van der Waals surface area (Å²) in [5.74, 6) is 0. The van der Waals surface area contributed by atoms with Crippen LogP contribution in [0, 0.1) is 0 Å². The average molecular weight is 164 g/mol. The topological polar surface area (TPSA) is 0 Å². The molecular weight excluding hydrogens is 144 g/mol. The predicted octanol–water partition coefficient (Wildman–Crippen LogP) is 4.23. The predicted molar refractivity (Wildman–Crippen MR) is 55.2 cm³/mol. The van der Waals surface area contributed by atoms with Crippen LogP contribution in [0.3, 0.4) is 0 Å². The molecule has 0 radical (unpaired) electrons. The lowest BCUT2D eigenvalue weighted by Gasteiger charge is -2.03. The van der Waals surface area contributed by atoms with Crippen molar-refractivity contribution in [3.8, 4) is 0 Å². The molecule has 1 rings (SSSR count). The van der Waals surface area contributed by atoms with Crippen LogP contribution in [0.1, 0.15) is 52.9 Å². The Balaban J connectivity index is 2.63. The molecule has 0 aromatic carbocycles. The van der Waals surface area contributed by atoms with Crippen molar-refractivity contribution in [3.05, 3.63) is 22.8 Å². The van der Waals surface area contributed by atoms with Gasteiger partial charge in [-0.15, -0.1) is 0 Å². The monoisotopic (exact) mass is 164 g/mol. The van der Waals surface area contributed by atoms with E-state index in [-0.39, 0.29) is 0 Å². The molecule has 0 aromatic heterocycles. The minimum absolute atomic E-state index is 1.22. The first-order valence-corrected chi connectivity index (χ1v) is 5.22. The average Bonchev–Trinajstić information content (AvgIpc) is 2.48. The number of hydrogen-bond donors (Lipinski definition) is 0. The second-order valence-electron chi connectivity index (χ2n) is 3.57. The Labute approximate surface area is 76.4 Å². The van der Waals surface area contributed by atoms with E-state index in [1.807, 2.05) is 0 Å². The molecule has 12 heavy (non-hydrogen) atoms. The van der Waals surface area contributed by atoms with Gasteiger partial charge >= 0.3 is 0 Å². The molecule has 0 bridgehead atoms. The SMILES string of the molecule is CCCC1=C(CC)C=C(CC)C1. The van der Waals surface area contributed by atoms with Crippen LogP contribution in [0.25, 0.3) is 0 Å². The van der Waals surface area contributed by atoms with E-state index in [2.05, 4.69) is 26.8 Å². The number of allylic oxidation sites excluding steroid dienone is 4. The molecule has 0 aliphatic heterocycles. The maximum absolute atomic E-state index is 2.42.